The number of rotatable bonds is 4. The zero-order chi connectivity index (χ0) is 13.2. The molecule has 4 nitrogen and oxygen atoms in total. The summed E-state index contributed by atoms with van der Waals surface area (Å²) in [6.07, 6.45) is 3.29. The van der Waals surface area contributed by atoms with Gasteiger partial charge in [-0.2, -0.15) is 5.26 Å². The Kier molecular flexibility index (Phi) is 4.05. The predicted octanol–water partition coefficient (Wildman–Crippen LogP) is 2.28. The van der Waals surface area contributed by atoms with Crippen LogP contribution in [0.3, 0.4) is 0 Å². The quantitative estimate of drug-likeness (QED) is 0.922. The molecule has 1 aromatic rings. The zero-order valence-corrected chi connectivity index (χ0v) is 11.9. The minimum atomic E-state index is -3.46. The lowest BCUT2D eigenvalue weighted by Crippen LogP contribution is -2.36. The van der Waals surface area contributed by atoms with E-state index in [9.17, 15) is 8.42 Å². The van der Waals surface area contributed by atoms with Crippen LogP contribution >= 0.6 is 11.3 Å². The summed E-state index contributed by atoms with van der Waals surface area (Å²) >= 11 is 1.30. The van der Waals surface area contributed by atoms with Gasteiger partial charge in [0, 0.05) is 10.9 Å². The number of aryl methyl sites for hydroxylation is 1. The molecule has 0 saturated heterocycles. The molecule has 2 rings (SSSR count). The Bertz CT molecular complexity index is 557. The van der Waals surface area contributed by atoms with E-state index >= 15 is 0 Å². The number of nitrogens with one attached hydrogen (secondary N) is 1. The van der Waals surface area contributed by atoms with Gasteiger partial charge in [0.1, 0.15) is 4.21 Å². The smallest absolute Gasteiger partial charge is 0.206 e. The molecule has 0 aliphatic heterocycles. The molecule has 1 heterocycles. The van der Waals surface area contributed by atoms with Crippen LogP contribution in [-0.4, -0.2) is 14.5 Å². The Morgan fingerprint density at radius 3 is 2.89 bits per heavy atom. The maximum absolute atomic E-state index is 12.2. The van der Waals surface area contributed by atoms with Gasteiger partial charge in [0.2, 0.25) is 10.0 Å². The Hall–Kier alpha value is -0.900. The number of thiophene rings is 1. The summed E-state index contributed by atoms with van der Waals surface area (Å²) in [4.78, 5) is 1.05. The van der Waals surface area contributed by atoms with E-state index in [1.54, 1.807) is 6.07 Å². The maximum atomic E-state index is 12.2. The van der Waals surface area contributed by atoms with Crippen LogP contribution in [0.1, 0.15) is 31.1 Å². The lowest BCUT2D eigenvalue weighted by atomic mass is 10.1. The van der Waals surface area contributed by atoms with E-state index in [2.05, 4.69) is 10.8 Å². The van der Waals surface area contributed by atoms with Gasteiger partial charge in [0.15, 0.2) is 0 Å². The van der Waals surface area contributed by atoms with Crippen LogP contribution in [0.15, 0.2) is 16.3 Å². The molecule has 0 aromatic carbocycles. The van der Waals surface area contributed by atoms with Gasteiger partial charge < -0.3 is 0 Å². The van der Waals surface area contributed by atoms with Crippen molar-refractivity contribution in [1.82, 2.24) is 4.72 Å². The minimum Gasteiger partial charge on any atom is -0.206 e. The molecule has 2 unspecified atom stereocenters. The molecular formula is C12H16N2O2S2. The molecule has 1 saturated carbocycles. The first-order valence-corrected chi connectivity index (χ1v) is 8.37. The number of nitriles is 1. The molecule has 1 aromatic heterocycles. The normalized spacial score (nSPS) is 24.0. The molecule has 0 bridgehead atoms. The van der Waals surface area contributed by atoms with E-state index in [0.29, 0.717) is 4.21 Å². The fourth-order valence-electron chi connectivity index (χ4n) is 2.21. The van der Waals surface area contributed by atoms with Crippen LogP contribution in [0.2, 0.25) is 0 Å². The number of sulfonamides is 1. The number of hydrogen-bond donors (Lipinski definition) is 1. The Morgan fingerprint density at radius 1 is 1.50 bits per heavy atom. The Morgan fingerprint density at radius 2 is 2.28 bits per heavy atom. The van der Waals surface area contributed by atoms with Crippen molar-refractivity contribution in [2.75, 3.05) is 0 Å². The first-order chi connectivity index (χ1) is 8.56. The van der Waals surface area contributed by atoms with E-state index < -0.39 is 10.0 Å². The molecule has 0 amide bonds. The molecule has 98 valence electrons. The molecule has 1 aliphatic rings. The van der Waals surface area contributed by atoms with Gasteiger partial charge in [-0.05, 0) is 31.4 Å². The minimum absolute atomic E-state index is 0.189. The molecular weight excluding hydrogens is 268 g/mol. The topological polar surface area (TPSA) is 70.0 Å². The Balaban J connectivity index is 2.14. The molecule has 18 heavy (non-hydrogen) atoms. The van der Waals surface area contributed by atoms with Gasteiger partial charge in [0.25, 0.3) is 0 Å². The van der Waals surface area contributed by atoms with Gasteiger partial charge in [-0.1, -0.05) is 13.3 Å². The number of hydrogen-bond acceptors (Lipinski definition) is 4. The van der Waals surface area contributed by atoms with Gasteiger partial charge >= 0.3 is 0 Å². The summed E-state index contributed by atoms with van der Waals surface area (Å²) in [7, 11) is -3.46. The van der Waals surface area contributed by atoms with Crippen LogP contribution in [0.5, 0.6) is 0 Å². The highest BCUT2D eigenvalue weighted by Gasteiger charge is 2.31. The van der Waals surface area contributed by atoms with Crippen molar-refractivity contribution < 1.29 is 8.42 Å². The molecule has 1 N–H and O–H groups in total. The van der Waals surface area contributed by atoms with E-state index in [1.165, 1.54) is 11.3 Å². The summed E-state index contributed by atoms with van der Waals surface area (Å²) in [6, 6.07) is 5.44. The predicted molar refractivity (Wildman–Crippen MR) is 70.8 cm³/mol. The Labute approximate surface area is 112 Å². The fraction of sp³-hybridized carbons (Fsp3) is 0.583. The highest BCUT2D eigenvalue weighted by Crippen LogP contribution is 2.28. The summed E-state index contributed by atoms with van der Waals surface area (Å²) < 4.78 is 27.4. The SMILES string of the molecule is CCc1ccc(S(=O)(=O)NC2CCCC2C#N)s1. The fourth-order valence-corrected chi connectivity index (χ4v) is 4.83. The molecule has 0 spiro atoms. The third-order valence-electron chi connectivity index (χ3n) is 3.24. The third kappa shape index (κ3) is 2.74. The molecule has 1 aliphatic carbocycles. The second-order valence-electron chi connectivity index (χ2n) is 4.47. The monoisotopic (exact) mass is 284 g/mol. The third-order valence-corrected chi connectivity index (χ3v) is 6.45. The van der Waals surface area contributed by atoms with Crippen LogP contribution in [-0.2, 0) is 16.4 Å². The van der Waals surface area contributed by atoms with Gasteiger partial charge in [-0.3, -0.25) is 0 Å². The summed E-state index contributed by atoms with van der Waals surface area (Å²) in [5, 5.41) is 8.96. The highest BCUT2D eigenvalue weighted by atomic mass is 32.2. The van der Waals surface area contributed by atoms with Gasteiger partial charge in [-0.25, -0.2) is 13.1 Å². The van der Waals surface area contributed by atoms with E-state index in [0.717, 1.165) is 30.6 Å². The van der Waals surface area contributed by atoms with Crippen molar-refractivity contribution in [3.8, 4) is 6.07 Å². The van der Waals surface area contributed by atoms with Crippen LogP contribution in [0.25, 0.3) is 0 Å². The van der Waals surface area contributed by atoms with Crippen molar-refractivity contribution in [2.24, 2.45) is 5.92 Å². The average molecular weight is 284 g/mol. The zero-order valence-electron chi connectivity index (χ0n) is 10.2. The van der Waals surface area contributed by atoms with E-state index in [-0.39, 0.29) is 12.0 Å². The molecule has 0 radical (unpaired) electrons. The van der Waals surface area contributed by atoms with Crippen molar-refractivity contribution >= 4 is 21.4 Å². The largest absolute Gasteiger partial charge is 0.250 e. The lowest BCUT2D eigenvalue weighted by Gasteiger charge is -2.14. The highest BCUT2D eigenvalue weighted by molar-refractivity contribution is 7.91. The molecule has 1 fully saturated rings. The van der Waals surface area contributed by atoms with Gasteiger partial charge in [-0.15, -0.1) is 11.3 Å². The van der Waals surface area contributed by atoms with Crippen molar-refractivity contribution in [1.29, 1.82) is 5.26 Å². The number of nitrogens with zero attached hydrogens (tertiary/aromatic N) is 1. The first-order valence-electron chi connectivity index (χ1n) is 6.07. The second kappa shape index (κ2) is 5.39. The van der Waals surface area contributed by atoms with Crippen molar-refractivity contribution in [2.45, 2.75) is 42.9 Å². The molecule has 6 heteroatoms. The second-order valence-corrected chi connectivity index (χ2v) is 7.58. The summed E-state index contributed by atoms with van der Waals surface area (Å²) in [5.41, 5.74) is 0. The van der Waals surface area contributed by atoms with Crippen molar-refractivity contribution in [3.63, 3.8) is 0 Å². The van der Waals surface area contributed by atoms with Crippen LogP contribution in [0, 0.1) is 17.2 Å². The van der Waals surface area contributed by atoms with Crippen LogP contribution < -0.4 is 4.72 Å². The van der Waals surface area contributed by atoms with Crippen LogP contribution in [0.4, 0.5) is 0 Å². The summed E-state index contributed by atoms with van der Waals surface area (Å²) in [6.45, 7) is 2.00. The van der Waals surface area contributed by atoms with E-state index in [4.69, 9.17) is 5.26 Å². The van der Waals surface area contributed by atoms with Crippen molar-refractivity contribution in [3.05, 3.63) is 17.0 Å². The van der Waals surface area contributed by atoms with E-state index in [1.807, 2.05) is 13.0 Å². The standard InChI is InChI=1S/C12H16N2O2S2/c1-2-10-6-7-12(17-10)18(15,16)14-11-5-3-4-9(11)8-13/h6-7,9,11,14H,2-5H2,1H3. The maximum Gasteiger partial charge on any atom is 0.250 e. The van der Waals surface area contributed by atoms with Gasteiger partial charge in [0.05, 0.1) is 12.0 Å². The summed E-state index contributed by atoms with van der Waals surface area (Å²) in [5.74, 6) is -0.189. The lowest BCUT2D eigenvalue weighted by molar-refractivity contribution is 0.516. The first kappa shape index (κ1) is 13.5. The average Bonchev–Trinajstić information content (AvgIpc) is 2.96. The molecule has 2 atom stereocenters.